The standard InChI is InChI=1S/C10H14O3/c1-8(11)10(12)13-7-9-5-3-2-4-6-9/h2-6,8,10-12H,7H2,1H3/t8?,10-/m1/s1. The highest BCUT2D eigenvalue weighted by atomic mass is 16.6. The van der Waals surface area contributed by atoms with Gasteiger partial charge in [0.2, 0.25) is 0 Å². The van der Waals surface area contributed by atoms with Crippen LogP contribution >= 0.6 is 0 Å². The molecule has 1 rings (SSSR count). The molecule has 1 unspecified atom stereocenters. The Labute approximate surface area is 77.6 Å². The number of ether oxygens (including phenoxy) is 1. The van der Waals surface area contributed by atoms with Gasteiger partial charge < -0.3 is 14.9 Å². The Bertz CT molecular complexity index is 233. The predicted molar refractivity (Wildman–Crippen MR) is 48.9 cm³/mol. The molecule has 0 radical (unpaired) electrons. The molecule has 2 atom stereocenters. The normalized spacial score (nSPS) is 15.3. The average molecular weight is 182 g/mol. The molecule has 72 valence electrons. The van der Waals surface area contributed by atoms with Crippen LogP contribution in [0, 0.1) is 0 Å². The van der Waals surface area contributed by atoms with Crippen LogP contribution in [0.15, 0.2) is 30.3 Å². The van der Waals surface area contributed by atoms with Gasteiger partial charge in [-0.15, -0.1) is 0 Å². The first-order valence-corrected chi connectivity index (χ1v) is 4.22. The second-order valence-electron chi connectivity index (χ2n) is 2.93. The zero-order chi connectivity index (χ0) is 9.68. The first-order valence-electron chi connectivity index (χ1n) is 4.22. The zero-order valence-electron chi connectivity index (χ0n) is 7.55. The molecule has 0 spiro atoms. The Morgan fingerprint density at radius 3 is 2.38 bits per heavy atom. The topological polar surface area (TPSA) is 49.7 Å². The third-order valence-corrected chi connectivity index (χ3v) is 1.68. The Balaban J connectivity index is 2.35. The molecule has 0 bridgehead atoms. The van der Waals surface area contributed by atoms with Crippen LogP contribution in [0.4, 0.5) is 0 Å². The van der Waals surface area contributed by atoms with Gasteiger partial charge in [-0.3, -0.25) is 0 Å². The molecular formula is C10H14O3. The second-order valence-corrected chi connectivity index (χ2v) is 2.93. The zero-order valence-corrected chi connectivity index (χ0v) is 7.55. The van der Waals surface area contributed by atoms with E-state index in [0.29, 0.717) is 6.61 Å². The highest BCUT2D eigenvalue weighted by molar-refractivity contribution is 5.13. The maximum Gasteiger partial charge on any atom is 0.180 e. The van der Waals surface area contributed by atoms with Crippen molar-refractivity contribution in [3.63, 3.8) is 0 Å². The summed E-state index contributed by atoms with van der Waals surface area (Å²) < 4.78 is 5.00. The van der Waals surface area contributed by atoms with Crippen LogP contribution in [0.2, 0.25) is 0 Å². The van der Waals surface area contributed by atoms with E-state index in [1.54, 1.807) is 0 Å². The summed E-state index contributed by atoms with van der Waals surface area (Å²) in [4.78, 5) is 0. The van der Waals surface area contributed by atoms with E-state index in [1.807, 2.05) is 30.3 Å². The number of hydrogen-bond acceptors (Lipinski definition) is 3. The lowest BCUT2D eigenvalue weighted by atomic mass is 10.2. The molecule has 0 aromatic heterocycles. The van der Waals surface area contributed by atoms with Crippen molar-refractivity contribution in [1.82, 2.24) is 0 Å². The molecule has 0 aliphatic rings. The fourth-order valence-corrected chi connectivity index (χ4v) is 0.895. The molecule has 13 heavy (non-hydrogen) atoms. The van der Waals surface area contributed by atoms with Gasteiger partial charge in [0.25, 0.3) is 0 Å². The van der Waals surface area contributed by atoms with Gasteiger partial charge in [0, 0.05) is 0 Å². The minimum absolute atomic E-state index is 0.312. The molecular weight excluding hydrogens is 168 g/mol. The van der Waals surface area contributed by atoms with Crippen LogP contribution in [0.25, 0.3) is 0 Å². The highest BCUT2D eigenvalue weighted by Crippen LogP contribution is 2.03. The lowest BCUT2D eigenvalue weighted by Crippen LogP contribution is -2.25. The summed E-state index contributed by atoms with van der Waals surface area (Å²) in [5, 5.41) is 18.0. The van der Waals surface area contributed by atoms with E-state index in [0.717, 1.165) is 5.56 Å². The Morgan fingerprint density at radius 1 is 1.23 bits per heavy atom. The molecule has 1 aromatic carbocycles. The van der Waals surface area contributed by atoms with Crippen LogP contribution in [-0.4, -0.2) is 22.6 Å². The first kappa shape index (κ1) is 10.2. The molecule has 0 saturated heterocycles. The van der Waals surface area contributed by atoms with E-state index in [1.165, 1.54) is 6.92 Å². The molecule has 0 aliphatic carbocycles. The molecule has 0 heterocycles. The van der Waals surface area contributed by atoms with Gasteiger partial charge in [-0.25, -0.2) is 0 Å². The van der Waals surface area contributed by atoms with Crippen LogP contribution < -0.4 is 0 Å². The van der Waals surface area contributed by atoms with E-state index in [4.69, 9.17) is 14.9 Å². The molecule has 0 saturated carbocycles. The van der Waals surface area contributed by atoms with Crippen molar-refractivity contribution in [2.24, 2.45) is 0 Å². The molecule has 1 aromatic rings. The van der Waals surface area contributed by atoms with Gasteiger partial charge in [-0.2, -0.15) is 0 Å². The lowest BCUT2D eigenvalue weighted by Gasteiger charge is -2.14. The number of rotatable bonds is 4. The summed E-state index contributed by atoms with van der Waals surface area (Å²) >= 11 is 0. The van der Waals surface area contributed by atoms with Gasteiger partial charge in [0.15, 0.2) is 6.29 Å². The number of aliphatic hydroxyl groups excluding tert-OH is 2. The molecule has 3 nitrogen and oxygen atoms in total. The molecule has 2 N–H and O–H groups in total. The second kappa shape index (κ2) is 4.97. The van der Waals surface area contributed by atoms with Crippen LogP contribution in [0.5, 0.6) is 0 Å². The third-order valence-electron chi connectivity index (χ3n) is 1.68. The van der Waals surface area contributed by atoms with E-state index in [2.05, 4.69) is 0 Å². The lowest BCUT2D eigenvalue weighted by molar-refractivity contribution is -0.162. The number of aliphatic hydroxyl groups is 2. The number of benzene rings is 1. The van der Waals surface area contributed by atoms with Crippen molar-refractivity contribution >= 4 is 0 Å². The van der Waals surface area contributed by atoms with E-state index < -0.39 is 12.4 Å². The van der Waals surface area contributed by atoms with E-state index in [-0.39, 0.29) is 0 Å². The van der Waals surface area contributed by atoms with Crippen molar-refractivity contribution < 1.29 is 14.9 Å². The summed E-state index contributed by atoms with van der Waals surface area (Å²) in [7, 11) is 0. The van der Waals surface area contributed by atoms with Gasteiger partial charge in [0.05, 0.1) is 6.61 Å². The summed E-state index contributed by atoms with van der Waals surface area (Å²) in [6.45, 7) is 1.79. The molecule has 0 amide bonds. The summed E-state index contributed by atoms with van der Waals surface area (Å²) in [6, 6.07) is 9.50. The Hall–Kier alpha value is -0.900. The fourth-order valence-electron chi connectivity index (χ4n) is 0.895. The van der Waals surface area contributed by atoms with Crippen LogP contribution in [-0.2, 0) is 11.3 Å². The van der Waals surface area contributed by atoms with Crippen LogP contribution in [0.1, 0.15) is 12.5 Å². The van der Waals surface area contributed by atoms with Gasteiger partial charge in [0.1, 0.15) is 6.10 Å². The van der Waals surface area contributed by atoms with Crippen molar-refractivity contribution in [3.8, 4) is 0 Å². The summed E-state index contributed by atoms with van der Waals surface area (Å²) in [5.41, 5.74) is 0.974. The smallest absolute Gasteiger partial charge is 0.180 e. The highest BCUT2D eigenvalue weighted by Gasteiger charge is 2.10. The Morgan fingerprint density at radius 2 is 1.85 bits per heavy atom. The molecule has 0 aliphatic heterocycles. The van der Waals surface area contributed by atoms with Crippen LogP contribution in [0.3, 0.4) is 0 Å². The maximum atomic E-state index is 9.12. The third kappa shape index (κ3) is 3.55. The Kier molecular flexibility index (Phi) is 3.89. The maximum absolute atomic E-state index is 9.12. The van der Waals surface area contributed by atoms with Crippen molar-refractivity contribution in [2.45, 2.75) is 25.9 Å². The van der Waals surface area contributed by atoms with Gasteiger partial charge in [-0.1, -0.05) is 30.3 Å². The van der Waals surface area contributed by atoms with E-state index >= 15 is 0 Å². The largest absolute Gasteiger partial charge is 0.388 e. The number of hydrogen-bond donors (Lipinski definition) is 2. The van der Waals surface area contributed by atoms with Crippen molar-refractivity contribution in [1.29, 1.82) is 0 Å². The van der Waals surface area contributed by atoms with Gasteiger partial charge >= 0.3 is 0 Å². The first-order chi connectivity index (χ1) is 6.20. The monoisotopic (exact) mass is 182 g/mol. The minimum atomic E-state index is -1.11. The fraction of sp³-hybridized carbons (Fsp3) is 0.400. The predicted octanol–water partition coefficient (Wildman–Crippen LogP) is 0.902. The van der Waals surface area contributed by atoms with E-state index in [9.17, 15) is 0 Å². The average Bonchev–Trinajstić information content (AvgIpc) is 2.15. The van der Waals surface area contributed by atoms with Crippen molar-refractivity contribution in [3.05, 3.63) is 35.9 Å². The summed E-state index contributed by atoms with van der Waals surface area (Å²) in [6.07, 6.45) is -1.97. The minimum Gasteiger partial charge on any atom is -0.388 e. The molecule has 0 fully saturated rings. The SMILES string of the molecule is CC(O)[C@H](O)OCc1ccccc1. The molecule has 3 heteroatoms. The van der Waals surface area contributed by atoms with Crippen molar-refractivity contribution in [2.75, 3.05) is 0 Å². The van der Waals surface area contributed by atoms with Gasteiger partial charge in [-0.05, 0) is 12.5 Å². The quantitative estimate of drug-likeness (QED) is 0.680. The summed E-state index contributed by atoms with van der Waals surface area (Å²) in [5.74, 6) is 0.